The molecule has 0 saturated carbocycles. The van der Waals surface area contributed by atoms with Crippen molar-refractivity contribution in [1.29, 1.82) is 0 Å². The maximum atomic E-state index is 12.9. The van der Waals surface area contributed by atoms with Gasteiger partial charge in [0.1, 0.15) is 5.82 Å². The van der Waals surface area contributed by atoms with E-state index in [-0.39, 0.29) is 13.0 Å². The van der Waals surface area contributed by atoms with Gasteiger partial charge in [-0.15, -0.1) is 0 Å². The number of hydrogen-bond donors (Lipinski definition) is 1. The van der Waals surface area contributed by atoms with Crippen LogP contribution in [0.3, 0.4) is 0 Å². The summed E-state index contributed by atoms with van der Waals surface area (Å²) in [6.45, 7) is -0.147. The maximum Gasteiger partial charge on any atom is 0.393 e. The van der Waals surface area contributed by atoms with Gasteiger partial charge in [0, 0.05) is 13.0 Å². The average molecular weight is 285 g/mol. The van der Waals surface area contributed by atoms with Crippen LogP contribution in [-0.2, 0) is 6.42 Å². The molecule has 106 valence electrons. The fraction of sp³-hybridized carbons (Fsp3) is 0.308. The number of anilines is 1. The number of nitrogens with zero attached hydrogens (tertiary/aromatic N) is 2. The summed E-state index contributed by atoms with van der Waals surface area (Å²) < 4.78 is 52.7. The number of nitrogens with one attached hydrogen (secondary N) is 1. The molecule has 1 aromatic carbocycles. The first-order chi connectivity index (χ1) is 9.45. The minimum absolute atomic E-state index is 0.136. The Morgan fingerprint density at radius 3 is 2.55 bits per heavy atom. The number of halogens is 4. The van der Waals surface area contributed by atoms with Crippen LogP contribution in [0.2, 0.25) is 0 Å². The summed E-state index contributed by atoms with van der Waals surface area (Å²) in [6.07, 6.45) is -2.89. The van der Waals surface area contributed by atoms with Crippen LogP contribution in [-0.4, -0.2) is 22.5 Å². The van der Waals surface area contributed by atoms with Crippen molar-refractivity contribution in [2.75, 3.05) is 11.9 Å². The summed E-state index contributed by atoms with van der Waals surface area (Å²) in [6, 6.07) is 5.47. The highest BCUT2D eigenvalue weighted by atomic mass is 19.4. The molecule has 0 fully saturated rings. The van der Waals surface area contributed by atoms with Crippen LogP contribution >= 0.6 is 0 Å². The molecule has 1 aliphatic heterocycles. The lowest BCUT2D eigenvalue weighted by atomic mass is 9.98. The molecule has 0 bridgehead atoms. The zero-order valence-corrected chi connectivity index (χ0v) is 10.3. The molecule has 3 nitrogen and oxygen atoms in total. The smallest absolute Gasteiger partial charge is 0.382 e. The van der Waals surface area contributed by atoms with Crippen molar-refractivity contribution in [3.05, 3.63) is 42.0 Å². The van der Waals surface area contributed by atoms with E-state index in [4.69, 9.17) is 0 Å². The Labute approximate surface area is 112 Å². The average Bonchev–Trinajstić information content (AvgIpc) is 2.81. The van der Waals surface area contributed by atoms with Crippen LogP contribution in [0.5, 0.6) is 0 Å². The van der Waals surface area contributed by atoms with Gasteiger partial charge in [-0.1, -0.05) is 0 Å². The zero-order chi connectivity index (χ0) is 14.3. The Kier molecular flexibility index (Phi) is 2.92. The Hall–Kier alpha value is -2.05. The van der Waals surface area contributed by atoms with Crippen molar-refractivity contribution < 1.29 is 17.6 Å². The highest BCUT2D eigenvalue weighted by Gasteiger charge is 2.42. The SMILES string of the molecule is Fc1ccc(-n2ncc3c2C[C@H](C(F)(F)F)CN3)cc1. The van der Waals surface area contributed by atoms with Crippen molar-refractivity contribution in [2.45, 2.75) is 12.6 Å². The van der Waals surface area contributed by atoms with Crippen molar-refractivity contribution >= 4 is 5.69 Å². The molecule has 0 saturated heterocycles. The van der Waals surface area contributed by atoms with E-state index in [2.05, 4.69) is 10.4 Å². The van der Waals surface area contributed by atoms with Gasteiger partial charge in [-0.05, 0) is 24.3 Å². The Balaban J connectivity index is 1.97. The van der Waals surface area contributed by atoms with E-state index in [0.29, 0.717) is 17.1 Å². The second-order valence-electron chi connectivity index (χ2n) is 4.72. The summed E-state index contributed by atoms with van der Waals surface area (Å²) in [7, 11) is 0. The van der Waals surface area contributed by atoms with E-state index in [1.807, 2.05) is 0 Å². The van der Waals surface area contributed by atoms with Crippen molar-refractivity contribution in [1.82, 2.24) is 9.78 Å². The third kappa shape index (κ3) is 2.23. The molecule has 0 spiro atoms. The first-order valence-electron chi connectivity index (χ1n) is 6.08. The normalized spacial score (nSPS) is 18.5. The zero-order valence-electron chi connectivity index (χ0n) is 10.3. The molecule has 3 rings (SSSR count). The molecule has 2 heterocycles. The second kappa shape index (κ2) is 4.50. The molecule has 0 amide bonds. The third-order valence-corrected chi connectivity index (χ3v) is 3.38. The maximum absolute atomic E-state index is 12.9. The second-order valence-corrected chi connectivity index (χ2v) is 4.72. The molecule has 1 atom stereocenters. The predicted octanol–water partition coefficient (Wildman–Crippen LogP) is 3.16. The van der Waals surface area contributed by atoms with Gasteiger partial charge < -0.3 is 5.32 Å². The van der Waals surface area contributed by atoms with Crippen LogP contribution < -0.4 is 5.32 Å². The third-order valence-electron chi connectivity index (χ3n) is 3.38. The first kappa shape index (κ1) is 13.0. The number of alkyl halides is 3. The molecule has 0 aliphatic carbocycles. The van der Waals surface area contributed by atoms with Crippen LogP contribution in [0.15, 0.2) is 30.5 Å². The topological polar surface area (TPSA) is 29.9 Å². The number of benzene rings is 1. The highest BCUT2D eigenvalue weighted by molar-refractivity contribution is 5.52. The molecule has 20 heavy (non-hydrogen) atoms. The number of aromatic nitrogens is 2. The standard InChI is InChI=1S/C13H11F4N3/c14-9-1-3-10(4-2-9)20-12-5-8(13(15,16)17)6-18-11(12)7-19-20/h1-4,7-8,18H,5-6H2/t8-/m0/s1. The van der Waals surface area contributed by atoms with Gasteiger partial charge in [0.05, 0.1) is 29.2 Å². The lowest BCUT2D eigenvalue weighted by Crippen LogP contribution is -2.35. The summed E-state index contributed by atoms with van der Waals surface area (Å²) in [5.74, 6) is -1.84. The Bertz CT molecular complexity index is 616. The fourth-order valence-electron chi connectivity index (χ4n) is 2.29. The summed E-state index contributed by atoms with van der Waals surface area (Å²) in [5.41, 5.74) is 1.59. The molecule has 1 aromatic heterocycles. The van der Waals surface area contributed by atoms with E-state index < -0.39 is 17.9 Å². The van der Waals surface area contributed by atoms with Crippen LogP contribution in [0.1, 0.15) is 5.69 Å². The highest BCUT2D eigenvalue weighted by Crippen LogP contribution is 2.35. The van der Waals surface area contributed by atoms with E-state index in [9.17, 15) is 17.6 Å². The minimum Gasteiger partial charge on any atom is -0.382 e. The summed E-state index contributed by atoms with van der Waals surface area (Å²) in [4.78, 5) is 0. The van der Waals surface area contributed by atoms with Crippen molar-refractivity contribution in [3.8, 4) is 5.69 Å². The number of rotatable bonds is 1. The molecule has 0 unspecified atom stereocenters. The molecule has 7 heteroatoms. The van der Waals surface area contributed by atoms with Crippen LogP contribution in [0.4, 0.5) is 23.2 Å². The fourth-order valence-corrected chi connectivity index (χ4v) is 2.29. The largest absolute Gasteiger partial charge is 0.393 e. The number of fused-ring (bicyclic) bond motifs is 1. The molecule has 2 aromatic rings. The molecular formula is C13H11F4N3. The van der Waals surface area contributed by atoms with E-state index in [0.717, 1.165) is 0 Å². The quantitative estimate of drug-likeness (QED) is 0.816. The minimum atomic E-state index is -4.25. The molecule has 0 radical (unpaired) electrons. The van der Waals surface area contributed by atoms with Crippen LogP contribution in [0, 0.1) is 11.7 Å². The molecule has 1 aliphatic rings. The number of hydrogen-bond acceptors (Lipinski definition) is 2. The summed E-state index contributed by atoms with van der Waals surface area (Å²) in [5, 5.41) is 6.82. The summed E-state index contributed by atoms with van der Waals surface area (Å²) >= 11 is 0. The predicted molar refractivity (Wildman–Crippen MR) is 65.3 cm³/mol. The lowest BCUT2D eigenvalue weighted by Gasteiger charge is -2.26. The van der Waals surface area contributed by atoms with E-state index in [1.54, 1.807) is 0 Å². The monoisotopic (exact) mass is 285 g/mol. The van der Waals surface area contributed by atoms with Crippen molar-refractivity contribution in [3.63, 3.8) is 0 Å². The Morgan fingerprint density at radius 1 is 1.20 bits per heavy atom. The van der Waals surface area contributed by atoms with Gasteiger partial charge in [0.2, 0.25) is 0 Å². The first-order valence-corrected chi connectivity index (χ1v) is 6.08. The van der Waals surface area contributed by atoms with Gasteiger partial charge in [-0.25, -0.2) is 9.07 Å². The van der Waals surface area contributed by atoms with Crippen molar-refractivity contribution in [2.24, 2.45) is 5.92 Å². The molecule has 1 N–H and O–H groups in total. The van der Waals surface area contributed by atoms with Gasteiger partial charge in [-0.2, -0.15) is 18.3 Å². The van der Waals surface area contributed by atoms with Gasteiger partial charge in [0.25, 0.3) is 0 Å². The van der Waals surface area contributed by atoms with Crippen LogP contribution in [0.25, 0.3) is 5.69 Å². The lowest BCUT2D eigenvalue weighted by molar-refractivity contribution is -0.171. The van der Waals surface area contributed by atoms with Gasteiger partial charge >= 0.3 is 6.18 Å². The van der Waals surface area contributed by atoms with Gasteiger partial charge in [-0.3, -0.25) is 0 Å². The van der Waals surface area contributed by atoms with E-state index >= 15 is 0 Å². The Morgan fingerprint density at radius 2 is 1.90 bits per heavy atom. The molecular weight excluding hydrogens is 274 g/mol. The van der Waals surface area contributed by atoms with Gasteiger partial charge in [0.15, 0.2) is 0 Å². The van der Waals surface area contributed by atoms with E-state index in [1.165, 1.54) is 35.1 Å².